The Labute approximate surface area is 164 Å². The summed E-state index contributed by atoms with van der Waals surface area (Å²) in [6, 6.07) is 2.20. The SMILES string of the molecule is CNC(=O)/C(=C/N)c1nc(NC)cc(N/C(C=O)=C/C=C\N(C)C2CCC2)n1. The number of amides is 1. The first-order chi connectivity index (χ1) is 13.5. The topological polar surface area (TPSA) is 125 Å². The largest absolute Gasteiger partial charge is 0.404 e. The first-order valence-corrected chi connectivity index (χ1v) is 9.06. The molecule has 1 fully saturated rings. The molecule has 1 saturated carbocycles. The molecule has 1 aliphatic rings. The Kier molecular flexibility index (Phi) is 7.55. The summed E-state index contributed by atoms with van der Waals surface area (Å²) in [5.41, 5.74) is 6.01. The molecule has 0 atom stereocenters. The number of aromatic nitrogens is 2. The zero-order chi connectivity index (χ0) is 20.5. The molecular formula is C19H27N7O2. The Morgan fingerprint density at radius 1 is 1.29 bits per heavy atom. The Morgan fingerprint density at radius 3 is 2.54 bits per heavy atom. The molecular weight excluding hydrogens is 358 g/mol. The van der Waals surface area contributed by atoms with Crippen LogP contribution in [0.2, 0.25) is 0 Å². The zero-order valence-corrected chi connectivity index (χ0v) is 16.4. The monoisotopic (exact) mass is 385 g/mol. The van der Waals surface area contributed by atoms with Gasteiger partial charge in [0.15, 0.2) is 12.1 Å². The second-order valence-corrected chi connectivity index (χ2v) is 6.33. The van der Waals surface area contributed by atoms with E-state index in [1.165, 1.54) is 26.3 Å². The van der Waals surface area contributed by atoms with E-state index < -0.39 is 5.91 Å². The molecule has 1 aromatic rings. The number of aldehydes is 1. The van der Waals surface area contributed by atoms with Crippen molar-refractivity contribution in [3.63, 3.8) is 0 Å². The van der Waals surface area contributed by atoms with Crippen molar-refractivity contribution in [3.8, 4) is 0 Å². The highest BCUT2D eigenvalue weighted by Gasteiger charge is 2.19. The molecule has 1 heterocycles. The maximum atomic E-state index is 12.0. The fourth-order valence-electron chi connectivity index (χ4n) is 2.60. The van der Waals surface area contributed by atoms with E-state index in [0.29, 0.717) is 29.7 Å². The molecule has 5 N–H and O–H groups in total. The van der Waals surface area contributed by atoms with Crippen LogP contribution < -0.4 is 21.7 Å². The standard InChI is InChI=1S/C19H27N7O2/c1-21-16-10-17(25-18(24-16)15(11-20)19(28)22-2)23-13(12-27)6-5-9-26(3)14-7-4-8-14/h5-6,9-12,14H,4,7-8,20H2,1-3H3,(H,22,28)(H2,21,23,24,25)/b9-5-,13-6+,15-11+. The van der Waals surface area contributed by atoms with Crippen LogP contribution in [0.4, 0.5) is 11.6 Å². The van der Waals surface area contributed by atoms with Crippen molar-refractivity contribution >= 4 is 29.4 Å². The Morgan fingerprint density at radius 2 is 2.00 bits per heavy atom. The maximum absolute atomic E-state index is 12.0. The third-order valence-electron chi connectivity index (χ3n) is 4.51. The highest BCUT2D eigenvalue weighted by Crippen LogP contribution is 2.23. The number of nitrogens with two attached hydrogens (primary N) is 1. The average molecular weight is 385 g/mol. The highest BCUT2D eigenvalue weighted by molar-refractivity contribution is 6.18. The summed E-state index contributed by atoms with van der Waals surface area (Å²) in [5.74, 6) is 0.564. The second-order valence-electron chi connectivity index (χ2n) is 6.33. The molecule has 9 nitrogen and oxygen atoms in total. The second kappa shape index (κ2) is 10.1. The number of carbonyl (C=O) groups is 2. The maximum Gasteiger partial charge on any atom is 0.256 e. The molecule has 1 amide bonds. The number of nitrogens with one attached hydrogen (secondary N) is 3. The van der Waals surface area contributed by atoms with Gasteiger partial charge in [0.1, 0.15) is 11.6 Å². The molecule has 0 unspecified atom stereocenters. The highest BCUT2D eigenvalue weighted by atomic mass is 16.1. The van der Waals surface area contributed by atoms with E-state index in [1.54, 1.807) is 19.2 Å². The summed E-state index contributed by atoms with van der Waals surface area (Å²) in [4.78, 5) is 34.1. The van der Waals surface area contributed by atoms with Gasteiger partial charge in [-0.3, -0.25) is 9.59 Å². The molecule has 0 saturated heterocycles. The fraction of sp³-hybridized carbons (Fsp3) is 0.368. The zero-order valence-electron chi connectivity index (χ0n) is 16.4. The van der Waals surface area contributed by atoms with Crippen LogP contribution in [-0.2, 0) is 9.59 Å². The van der Waals surface area contributed by atoms with Crippen LogP contribution in [0.1, 0.15) is 25.1 Å². The van der Waals surface area contributed by atoms with Crippen LogP contribution in [0.25, 0.3) is 5.57 Å². The number of allylic oxidation sites excluding steroid dienone is 3. The van der Waals surface area contributed by atoms with Crippen LogP contribution in [0.15, 0.2) is 36.3 Å². The van der Waals surface area contributed by atoms with Crippen LogP contribution in [0.5, 0.6) is 0 Å². The van der Waals surface area contributed by atoms with Crippen molar-refractivity contribution in [3.05, 3.63) is 42.1 Å². The quantitative estimate of drug-likeness (QED) is 0.282. The van der Waals surface area contributed by atoms with Crippen molar-refractivity contribution in [1.29, 1.82) is 0 Å². The van der Waals surface area contributed by atoms with Gasteiger partial charge in [0.05, 0.1) is 11.3 Å². The summed E-state index contributed by atoms with van der Waals surface area (Å²) in [6.07, 6.45) is 10.9. The lowest BCUT2D eigenvalue weighted by Crippen LogP contribution is -2.33. The van der Waals surface area contributed by atoms with Crippen LogP contribution in [0, 0.1) is 0 Å². The van der Waals surface area contributed by atoms with Gasteiger partial charge >= 0.3 is 0 Å². The van der Waals surface area contributed by atoms with Gasteiger partial charge in [0, 0.05) is 39.5 Å². The first kappa shape index (κ1) is 20.9. The lowest BCUT2D eigenvalue weighted by atomic mass is 9.92. The van der Waals surface area contributed by atoms with E-state index in [0.717, 1.165) is 6.20 Å². The minimum absolute atomic E-state index is 0.126. The van der Waals surface area contributed by atoms with E-state index >= 15 is 0 Å². The van der Waals surface area contributed by atoms with Gasteiger partial charge in [-0.2, -0.15) is 0 Å². The number of hydrogen-bond donors (Lipinski definition) is 4. The van der Waals surface area contributed by atoms with Crippen molar-refractivity contribution in [2.45, 2.75) is 25.3 Å². The van der Waals surface area contributed by atoms with Gasteiger partial charge in [-0.1, -0.05) is 0 Å². The molecule has 28 heavy (non-hydrogen) atoms. The average Bonchev–Trinajstić information content (AvgIpc) is 2.65. The molecule has 150 valence electrons. The summed E-state index contributed by atoms with van der Waals surface area (Å²) >= 11 is 0. The Hall–Kier alpha value is -3.36. The number of rotatable bonds is 9. The molecule has 0 spiro atoms. The summed E-state index contributed by atoms with van der Waals surface area (Å²) in [6.45, 7) is 0. The molecule has 0 aromatic carbocycles. The third kappa shape index (κ3) is 5.32. The van der Waals surface area contributed by atoms with Gasteiger partial charge < -0.3 is 26.6 Å². The summed E-state index contributed by atoms with van der Waals surface area (Å²) in [5, 5.41) is 8.33. The number of carbonyl (C=O) groups excluding carboxylic acids is 2. The van der Waals surface area contributed by atoms with Crippen molar-refractivity contribution in [2.24, 2.45) is 5.73 Å². The van der Waals surface area contributed by atoms with Crippen LogP contribution >= 0.6 is 0 Å². The minimum atomic E-state index is -0.408. The minimum Gasteiger partial charge on any atom is -0.404 e. The molecule has 0 aliphatic heterocycles. The van der Waals surface area contributed by atoms with E-state index in [9.17, 15) is 9.59 Å². The lowest BCUT2D eigenvalue weighted by Gasteiger charge is -2.33. The summed E-state index contributed by atoms with van der Waals surface area (Å²) < 4.78 is 0. The lowest BCUT2D eigenvalue weighted by molar-refractivity contribution is -0.115. The van der Waals surface area contributed by atoms with Gasteiger partial charge in [0.2, 0.25) is 0 Å². The molecule has 0 radical (unpaired) electrons. The van der Waals surface area contributed by atoms with E-state index in [4.69, 9.17) is 5.73 Å². The normalized spacial score (nSPS) is 15.1. The fourth-order valence-corrected chi connectivity index (χ4v) is 2.60. The smallest absolute Gasteiger partial charge is 0.256 e. The molecule has 0 bridgehead atoms. The van der Waals surface area contributed by atoms with Crippen LogP contribution in [-0.4, -0.2) is 54.2 Å². The van der Waals surface area contributed by atoms with E-state index in [1.807, 2.05) is 19.3 Å². The number of likely N-dealkylation sites (N-methyl/N-ethyl adjacent to an activating group) is 1. The number of hydrogen-bond acceptors (Lipinski definition) is 8. The number of anilines is 2. The van der Waals surface area contributed by atoms with E-state index in [2.05, 4.69) is 30.8 Å². The van der Waals surface area contributed by atoms with Crippen LogP contribution in [0.3, 0.4) is 0 Å². The predicted molar refractivity (Wildman–Crippen MR) is 110 cm³/mol. The number of nitrogens with zero attached hydrogens (tertiary/aromatic N) is 3. The van der Waals surface area contributed by atoms with Crippen molar-refractivity contribution in [2.75, 3.05) is 31.8 Å². The van der Waals surface area contributed by atoms with Crippen molar-refractivity contribution < 1.29 is 9.59 Å². The first-order valence-electron chi connectivity index (χ1n) is 9.06. The molecule has 9 heteroatoms. The summed E-state index contributed by atoms with van der Waals surface area (Å²) in [7, 11) is 5.21. The van der Waals surface area contributed by atoms with Gasteiger partial charge in [-0.25, -0.2) is 9.97 Å². The molecule has 1 aromatic heterocycles. The van der Waals surface area contributed by atoms with Gasteiger partial charge in [-0.15, -0.1) is 0 Å². The van der Waals surface area contributed by atoms with Crippen molar-refractivity contribution in [1.82, 2.24) is 20.2 Å². The third-order valence-corrected chi connectivity index (χ3v) is 4.51. The van der Waals surface area contributed by atoms with Gasteiger partial charge in [0.25, 0.3) is 5.91 Å². The van der Waals surface area contributed by atoms with Gasteiger partial charge in [-0.05, 0) is 37.6 Å². The van der Waals surface area contributed by atoms with E-state index in [-0.39, 0.29) is 11.4 Å². The molecule has 1 aliphatic carbocycles. The Bertz CT molecular complexity index is 797. The predicted octanol–water partition coefficient (Wildman–Crippen LogP) is 1.06. The Balaban J connectivity index is 2.21. The molecule has 2 rings (SSSR count).